The number of hydrogen-bond donors (Lipinski definition) is 2. The van der Waals surface area contributed by atoms with Crippen LogP contribution >= 0.6 is 0 Å². The highest BCUT2D eigenvalue weighted by Crippen LogP contribution is 2.11. The number of hydrazone groups is 1. The first kappa shape index (κ1) is 15.8. The Morgan fingerprint density at radius 2 is 1.86 bits per heavy atom. The molecule has 0 atom stereocenters. The van der Waals surface area contributed by atoms with Crippen molar-refractivity contribution in [3.8, 4) is 0 Å². The number of sulfonamides is 1. The van der Waals surface area contributed by atoms with Crippen molar-refractivity contribution in [3.63, 3.8) is 0 Å². The van der Waals surface area contributed by atoms with Crippen LogP contribution in [-0.2, 0) is 10.0 Å². The smallest absolute Gasteiger partial charge is 0.307 e. The molecule has 2 rings (SSSR count). The number of nitrogens with zero attached hydrogens (tertiary/aromatic N) is 1. The Labute approximate surface area is 128 Å². The molecule has 0 aliphatic heterocycles. The number of carbonyl (C=O) groups excluding carboxylic acids is 1. The van der Waals surface area contributed by atoms with Gasteiger partial charge < -0.3 is 4.42 Å². The Morgan fingerprint density at radius 3 is 2.41 bits per heavy atom. The van der Waals surface area contributed by atoms with Crippen LogP contribution in [0.1, 0.15) is 23.0 Å². The summed E-state index contributed by atoms with van der Waals surface area (Å²) in [5, 5.41) is 3.97. The fraction of sp³-hybridized carbons (Fsp3) is 0.143. The molecule has 0 radical (unpaired) electrons. The van der Waals surface area contributed by atoms with Gasteiger partial charge in [-0.2, -0.15) is 5.10 Å². The zero-order valence-electron chi connectivity index (χ0n) is 12.0. The van der Waals surface area contributed by atoms with Crippen LogP contribution in [0, 0.1) is 0 Å². The summed E-state index contributed by atoms with van der Waals surface area (Å²) in [5.41, 5.74) is 4.16. The Morgan fingerprint density at radius 1 is 1.18 bits per heavy atom. The molecular formula is C14H15N3O4S. The van der Waals surface area contributed by atoms with Gasteiger partial charge in [-0.25, -0.2) is 13.8 Å². The van der Waals surface area contributed by atoms with E-state index in [1.54, 1.807) is 37.3 Å². The first-order valence-electron chi connectivity index (χ1n) is 6.31. The highest BCUT2D eigenvalue weighted by atomic mass is 32.2. The Kier molecular flexibility index (Phi) is 4.62. The minimum atomic E-state index is -3.30. The maximum absolute atomic E-state index is 11.7. The van der Waals surface area contributed by atoms with Crippen molar-refractivity contribution in [2.45, 2.75) is 6.92 Å². The molecule has 1 amide bonds. The van der Waals surface area contributed by atoms with Crippen molar-refractivity contribution < 1.29 is 17.6 Å². The van der Waals surface area contributed by atoms with Gasteiger partial charge in [-0.15, -0.1) is 0 Å². The van der Waals surface area contributed by atoms with Crippen molar-refractivity contribution in [1.82, 2.24) is 5.43 Å². The molecule has 0 saturated heterocycles. The maximum Gasteiger partial charge on any atom is 0.307 e. The van der Waals surface area contributed by atoms with Crippen molar-refractivity contribution in [2.75, 3.05) is 11.0 Å². The van der Waals surface area contributed by atoms with Gasteiger partial charge in [-0.3, -0.25) is 9.52 Å². The number of hydrogen-bond acceptors (Lipinski definition) is 5. The van der Waals surface area contributed by atoms with E-state index >= 15 is 0 Å². The van der Waals surface area contributed by atoms with Gasteiger partial charge in [-0.1, -0.05) is 12.1 Å². The summed E-state index contributed by atoms with van der Waals surface area (Å²) in [6, 6.07) is 9.77. The predicted octanol–water partition coefficient (Wildman–Crippen LogP) is 1.81. The molecular weight excluding hydrogens is 306 g/mol. The topological polar surface area (TPSA) is 101 Å². The van der Waals surface area contributed by atoms with Gasteiger partial charge in [0.2, 0.25) is 10.0 Å². The summed E-state index contributed by atoms with van der Waals surface area (Å²) < 4.78 is 29.6. The summed E-state index contributed by atoms with van der Waals surface area (Å²) in [4.78, 5) is 11.7. The monoisotopic (exact) mass is 321 g/mol. The SMILES string of the molecule is C/C(=N\NC(=O)c1ccco1)c1ccc(NS(C)(=O)=O)cc1. The molecule has 0 saturated carbocycles. The average molecular weight is 321 g/mol. The molecule has 0 unspecified atom stereocenters. The normalized spacial score (nSPS) is 12.0. The van der Waals surface area contributed by atoms with Crippen LogP contribution in [-0.4, -0.2) is 26.3 Å². The lowest BCUT2D eigenvalue weighted by atomic mass is 10.1. The number of nitrogens with one attached hydrogen (secondary N) is 2. The zero-order chi connectivity index (χ0) is 16.2. The van der Waals surface area contributed by atoms with Crippen LogP contribution in [0.5, 0.6) is 0 Å². The zero-order valence-corrected chi connectivity index (χ0v) is 12.8. The molecule has 8 heteroatoms. The van der Waals surface area contributed by atoms with Gasteiger partial charge in [0.1, 0.15) is 0 Å². The van der Waals surface area contributed by atoms with E-state index in [2.05, 4.69) is 15.2 Å². The summed E-state index contributed by atoms with van der Waals surface area (Å²) in [5.74, 6) is -0.274. The van der Waals surface area contributed by atoms with Crippen LogP contribution in [0.4, 0.5) is 5.69 Å². The summed E-state index contributed by atoms with van der Waals surface area (Å²) in [6.45, 7) is 1.72. The van der Waals surface area contributed by atoms with Crippen LogP contribution < -0.4 is 10.1 Å². The third-order valence-electron chi connectivity index (χ3n) is 2.68. The second-order valence-electron chi connectivity index (χ2n) is 4.57. The van der Waals surface area contributed by atoms with Crippen LogP contribution in [0.2, 0.25) is 0 Å². The molecule has 1 heterocycles. The van der Waals surface area contributed by atoms with Crippen molar-refractivity contribution in [2.24, 2.45) is 5.10 Å². The quantitative estimate of drug-likeness (QED) is 0.647. The molecule has 1 aromatic carbocycles. The number of carbonyl (C=O) groups is 1. The van der Waals surface area contributed by atoms with Gasteiger partial charge in [0.25, 0.3) is 0 Å². The number of furan rings is 1. The predicted molar refractivity (Wildman–Crippen MR) is 83.3 cm³/mol. The minimum absolute atomic E-state index is 0.171. The molecule has 2 N–H and O–H groups in total. The molecule has 0 aliphatic carbocycles. The van der Waals surface area contributed by atoms with E-state index in [1.165, 1.54) is 12.3 Å². The minimum Gasteiger partial charge on any atom is -0.459 e. The lowest BCUT2D eigenvalue weighted by Gasteiger charge is -2.05. The standard InChI is InChI=1S/C14H15N3O4S/c1-10(15-16-14(18)13-4-3-9-21-13)11-5-7-12(8-6-11)17-22(2,19)20/h3-9,17H,1-2H3,(H,16,18)/b15-10+. The Hall–Kier alpha value is -2.61. The van der Waals surface area contributed by atoms with Crippen LogP contribution in [0.3, 0.4) is 0 Å². The fourth-order valence-corrected chi connectivity index (χ4v) is 2.22. The van der Waals surface area contributed by atoms with Crippen LogP contribution in [0.25, 0.3) is 0 Å². The highest BCUT2D eigenvalue weighted by Gasteiger charge is 2.07. The number of benzene rings is 1. The van der Waals surface area contributed by atoms with E-state index in [4.69, 9.17) is 4.42 Å². The molecule has 0 fully saturated rings. The molecule has 116 valence electrons. The molecule has 0 bridgehead atoms. The third kappa shape index (κ3) is 4.45. The first-order chi connectivity index (χ1) is 10.3. The van der Waals surface area contributed by atoms with E-state index in [0.717, 1.165) is 11.8 Å². The summed E-state index contributed by atoms with van der Waals surface area (Å²) in [7, 11) is -3.30. The van der Waals surface area contributed by atoms with E-state index in [0.29, 0.717) is 11.4 Å². The largest absolute Gasteiger partial charge is 0.459 e. The van der Waals surface area contributed by atoms with Gasteiger partial charge in [0, 0.05) is 5.69 Å². The second kappa shape index (κ2) is 6.44. The van der Waals surface area contributed by atoms with Gasteiger partial charge >= 0.3 is 5.91 Å². The van der Waals surface area contributed by atoms with Gasteiger partial charge in [-0.05, 0) is 36.8 Å². The van der Waals surface area contributed by atoms with Gasteiger partial charge in [0.05, 0.1) is 18.2 Å². The van der Waals surface area contributed by atoms with E-state index < -0.39 is 15.9 Å². The third-order valence-corrected chi connectivity index (χ3v) is 3.28. The molecule has 0 spiro atoms. The lowest BCUT2D eigenvalue weighted by Crippen LogP contribution is -2.18. The molecule has 2 aromatic rings. The molecule has 22 heavy (non-hydrogen) atoms. The molecule has 0 aliphatic rings. The first-order valence-corrected chi connectivity index (χ1v) is 8.20. The second-order valence-corrected chi connectivity index (χ2v) is 6.32. The maximum atomic E-state index is 11.7. The molecule has 7 nitrogen and oxygen atoms in total. The highest BCUT2D eigenvalue weighted by molar-refractivity contribution is 7.92. The van der Waals surface area contributed by atoms with Crippen LogP contribution in [0.15, 0.2) is 52.2 Å². The van der Waals surface area contributed by atoms with Crippen molar-refractivity contribution >= 4 is 27.3 Å². The van der Waals surface area contributed by atoms with Crippen molar-refractivity contribution in [3.05, 3.63) is 54.0 Å². The Balaban J connectivity index is 2.04. The Bertz CT molecular complexity index is 778. The average Bonchev–Trinajstić information content (AvgIpc) is 2.97. The summed E-state index contributed by atoms with van der Waals surface area (Å²) >= 11 is 0. The van der Waals surface area contributed by atoms with E-state index in [1.807, 2.05) is 0 Å². The van der Waals surface area contributed by atoms with Gasteiger partial charge in [0.15, 0.2) is 5.76 Å². The van der Waals surface area contributed by atoms with Crippen molar-refractivity contribution in [1.29, 1.82) is 0 Å². The summed E-state index contributed by atoms with van der Waals surface area (Å²) in [6.07, 6.45) is 2.48. The number of rotatable bonds is 5. The lowest BCUT2D eigenvalue weighted by molar-refractivity contribution is 0.0927. The molecule has 1 aromatic heterocycles. The fourth-order valence-electron chi connectivity index (χ4n) is 1.66. The van der Waals surface area contributed by atoms with E-state index in [-0.39, 0.29) is 5.76 Å². The number of amides is 1. The number of anilines is 1. The van der Waals surface area contributed by atoms with E-state index in [9.17, 15) is 13.2 Å².